The zero-order chi connectivity index (χ0) is 17.3. The van der Waals surface area contributed by atoms with Gasteiger partial charge in [-0.15, -0.1) is 11.3 Å². The monoisotopic (exact) mass is 410 g/mol. The molecule has 0 saturated heterocycles. The number of fused-ring (bicyclic) bond motifs is 1. The quantitative estimate of drug-likeness (QED) is 0.776. The first kappa shape index (κ1) is 17.4. The molecular weight excluding hydrogens is 392 g/mol. The number of benzene rings is 1. The molecule has 2 heterocycles. The minimum atomic E-state index is -0.276. The maximum absolute atomic E-state index is 12.8. The van der Waals surface area contributed by atoms with Crippen LogP contribution in [0, 0.1) is 13.8 Å². The molecule has 0 atom stereocenters. The van der Waals surface area contributed by atoms with E-state index in [2.05, 4.69) is 20.9 Å². The lowest BCUT2D eigenvalue weighted by Gasteiger charge is -2.07. The van der Waals surface area contributed by atoms with Crippen LogP contribution in [0.4, 0.5) is 0 Å². The van der Waals surface area contributed by atoms with Gasteiger partial charge in [-0.3, -0.25) is 4.79 Å². The number of thiazole rings is 1. The molecule has 1 aromatic carbocycles. The summed E-state index contributed by atoms with van der Waals surface area (Å²) in [5, 5.41) is 0. The van der Waals surface area contributed by atoms with Crippen LogP contribution in [0.5, 0.6) is 5.75 Å². The summed E-state index contributed by atoms with van der Waals surface area (Å²) >= 11 is 4.98. The number of aryl methyl sites for hydroxylation is 1. The minimum absolute atomic E-state index is 0.276. The van der Waals surface area contributed by atoms with E-state index in [9.17, 15) is 4.79 Å². The fourth-order valence-electron chi connectivity index (χ4n) is 2.70. The predicted molar refractivity (Wildman–Crippen MR) is 96.9 cm³/mol. The molecule has 128 valence electrons. The van der Waals surface area contributed by atoms with E-state index in [1.807, 2.05) is 24.5 Å². The van der Waals surface area contributed by atoms with Crippen molar-refractivity contribution < 1.29 is 14.3 Å². The van der Waals surface area contributed by atoms with E-state index in [4.69, 9.17) is 9.47 Å². The Kier molecular flexibility index (Phi) is 5.22. The Morgan fingerprint density at radius 3 is 3.00 bits per heavy atom. The van der Waals surface area contributed by atoms with Crippen molar-refractivity contribution in [2.75, 3.05) is 20.3 Å². The number of hydrogen-bond donors (Lipinski definition) is 0. The van der Waals surface area contributed by atoms with Gasteiger partial charge >= 0.3 is 0 Å². The molecule has 0 fully saturated rings. The van der Waals surface area contributed by atoms with Crippen LogP contribution in [0.15, 0.2) is 21.6 Å². The largest absolute Gasteiger partial charge is 0.492 e. The van der Waals surface area contributed by atoms with Gasteiger partial charge in [0, 0.05) is 35.1 Å². The Bertz CT molecular complexity index is 854. The molecule has 24 heavy (non-hydrogen) atoms. The van der Waals surface area contributed by atoms with Crippen molar-refractivity contribution >= 4 is 33.2 Å². The molecule has 0 radical (unpaired) electrons. The van der Waals surface area contributed by atoms with Crippen LogP contribution >= 0.6 is 27.3 Å². The first-order valence-electron chi connectivity index (χ1n) is 7.71. The van der Waals surface area contributed by atoms with Crippen molar-refractivity contribution in [3.8, 4) is 5.75 Å². The lowest BCUT2D eigenvalue weighted by molar-refractivity contribution is 0.0994. The molecule has 2 aromatic rings. The average Bonchev–Trinajstić information content (AvgIpc) is 3.10. The number of ether oxygens (including phenoxy) is 2. The van der Waals surface area contributed by atoms with Crippen molar-refractivity contribution in [3.05, 3.63) is 43.1 Å². The van der Waals surface area contributed by atoms with Crippen molar-refractivity contribution in [3.63, 3.8) is 0 Å². The number of hydrogen-bond acceptors (Lipinski definition) is 4. The number of amides is 1. The fourth-order valence-corrected chi connectivity index (χ4v) is 4.21. The molecule has 1 aromatic heterocycles. The molecule has 0 saturated carbocycles. The maximum Gasteiger partial charge on any atom is 0.283 e. The number of nitrogens with zero attached hydrogens (tertiary/aromatic N) is 2. The molecule has 0 spiro atoms. The summed E-state index contributed by atoms with van der Waals surface area (Å²) in [4.78, 5) is 19.0. The standard InChI is InChI=1S/C17H19BrN2O3S/c1-10-11(2)24-17(20(10)5-7-22-3)19-16(21)14-9-13(18)8-12-4-6-23-15(12)14/h8-9H,4-7H2,1-3H3. The molecule has 0 N–H and O–H groups in total. The average molecular weight is 411 g/mol. The fraction of sp³-hybridized carbons (Fsp3) is 0.412. The van der Waals surface area contributed by atoms with Crippen LogP contribution < -0.4 is 9.54 Å². The van der Waals surface area contributed by atoms with Gasteiger partial charge in [-0.2, -0.15) is 4.99 Å². The topological polar surface area (TPSA) is 52.8 Å². The van der Waals surface area contributed by atoms with E-state index in [-0.39, 0.29) is 5.91 Å². The van der Waals surface area contributed by atoms with Crippen LogP contribution in [0.2, 0.25) is 0 Å². The Morgan fingerprint density at radius 2 is 2.25 bits per heavy atom. The molecule has 1 aliphatic rings. The summed E-state index contributed by atoms with van der Waals surface area (Å²) in [7, 11) is 1.67. The van der Waals surface area contributed by atoms with Crippen LogP contribution in [-0.2, 0) is 17.7 Å². The van der Waals surface area contributed by atoms with Gasteiger partial charge in [0.15, 0.2) is 4.80 Å². The third-order valence-electron chi connectivity index (χ3n) is 4.08. The van der Waals surface area contributed by atoms with Gasteiger partial charge in [0.2, 0.25) is 0 Å². The summed E-state index contributed by atoms with van der Waals surface area (Å²) in [6.45, 7) is 5.93. The lowest BCUT2D eigenvalue weighted by Crippen LogP contribution is -2.20. The number of rotatable bonds is 4. The van der Waals surface area contributed by atoms with Crippen LogP contribution in [0.1, 0.15) is 26.5 Å². The summed E-state index contributed by atoms with van der Waals surface area (Å²) in [6.07, 6.45) is 0.820. The number of methoxy groups -OCH3 is 1. The zero-order valence-electron chi connectivity index (χ0n) is 13.9. The smallest absolute Gasteiger partial charge is 0.283 e. The zero-order valence-corrected chi connectivity index (χ0v) is 16.3. The van der Waals surface area contributed by atoms with E-state index >= 15 is 0 Å². The third kappa shape index (κ3) is 3.34. The lowest BCUT2D eigenvalue weighted by atomic mass is 10.1. The minimum Gasteiger partial charge on any atom is -0.492 e. The molecule has 1 amide bonds. The predicted octanol–water partition coefficient (Wildman–Crippen LogP) is 3.25. The summed E-state index contributed by atoms with van der Waals surface area (Å²) in [5.74, 6) is 0.391. The van der Waals surface area contributed by atoms with E-state index < -0.39 is 0 Å². The first-order valence-corrected chi connectivity index (χ1v) is 9.32. The summed E-state index contributed by atoms with van der Waals surface area (Å²) < 4.78 is 13.7. The molecule has 7 heteroatoms. The van der Waals surface area contributed by atoms with Gasteiger partial charge in [0.1, 0.15) is 5.75 Å². The second-order valence-electron chi connectivity index (χ2n) is 5.63. The normalized spacial score (nSPS) is 13.9. The highest BCUT2D eigenvalue weighted by molar-refractivity contribution is 9.10. The molecule has 1 aliphatic heterocycles. The van der Waals surface area contributed by atoms with Gasteiger partial charge in [-0.05, 0) is 31.5 Å². The van der Waals surface area contributed by atoms with Gasteiger partial charge < -0.3 is 14.0 Å². The summed E-state index contributed by atoms with van der Waals surface area (Å²) in [6, 6.07) is 3.78. The summed E-state index contributed by atoms with van der Waals surface area (Å²) in [5.41, 5.74) is 2.67. The van der Waals surface area contributed by atoms with E-state index in [1.165, 1.54) is 11.3 Å². The van der Waals surface area contributed by atoms with Gasteiger partial charge in [0.05, 0.1) is 18.8 Å². The maximum atomic E-state index is 12.8. The van der Waals surface area contributed by atoms with E-state index in [0.29, 0.717) is 35.9 Å². The van der Waals surface area contributed by atoms with Crippen LogP contribution in [-0.4, -0.2) is 30.8 Å². The second-order valence-corrected chi connectivity index (χ2v) is 7.73. The highest BCUT2D eigenvalue weighted by Gasteiger charge is 2.22. The Balaban J connectivity index is 2.04. The van der Waals surface area contributed by atoms with Gasteiger partial charge in [-0.1, -0.05) is 15.9 Å². The van der Waals surface area contributed by atoms with Crippen LogP contribution in [0.25, 0.3) is 0 Å². The molecular formula is C17H19BrN2O3S. The molecule has 0 unspecified atom stereocenters. The third-order valence-corrected chi connectivity index (χ3v) is 5.64. The number of carbonyl (C=O) groups excluding carboxylic acids is 1. The SMILES string of the molecule is COCCn1c(C)c(C)sc1=NC(=O)c1cc(Br)cc2c1OCC2. The second kappa shape index (κ2) is 7.21. The molecule has 0 aliphatic carbocycles. The number of halogens is 1. The number of carbonyl (C=O) groups is 1. The van der Waals surface area contributed by atoms with Crippen molar-refractivity contribution in [1.29, 1.82) is 0 Å². The van der Waals surface area contributed by atoms with E-state index in [1.54, 1.807) is 13.2 Å². The van der Waals surface area contributed by atoms with Gasteiger partial charge in [0.25, 0.3) is 5.91 Å². The molecule has 5 nitrogen and oxygen atoms in total. The number of aromatic nitrogens is 1. The highest BCUT2D eigenvalue weighted by Crippen LogP contribution is 2.33. The van der Waals surface area contributed by atoms with Gasteiger partial charge in [-0.25, -0.2) is 0 Å². The molecule has 0 bridgehead atoms. The molecule has 3 rings (SSSR count). The van der Waals surface area contributed by atoms with Crippen molar-refractivity contribution in [1.82, 2.24) is 4.57 Å². The first-order chi connectivity index (χ1) is 11.5. The Morgan fingerprint density at radius 1 is 1.46 bits per heavy atom. The van der Waals surface area contributed by atoms with Crippen molar-refractivity contribution in [2.24, 2.45) is 4.99 Å². The van der Waals surface area contributed by atoms with E-state index in [0.717, 1.165) is 27.0 Å². The Hall–Kier alpha value is -1.44. The highest BCUT2D eigenvalue weighted by atomic mass is 79.9. The van der Waals surface area contributed by atoms with Crippen LogP contribution in [0.3, 0.4) is 0 Å². The Labute approximate surface area is 153 Å². The van der Waals surface area contributed by atoms with Crippen molar-refractivity contribution in [2.45, 2.75) is 26.8 Å².